The van der Waals surface area contributed by atoms with Crippen molar-refractivity contribution in [2.45, 2.75) is 39.3 Å². The van der Waals surface area contributed by atoms with E-state index in [1.807, 2.05) is 31.2 Å². The Morgan fingerprint density at radius 3 is 2.24 bits per heavy atom. The van der Waals surface area contributed by atoms with Crippen LogP contribution in [0.25, 0.3) is 5.00 Å². The van der Waals surface area contributed by atoms with Crippen molar-refractivity contribution < 1.29 is 28.8 Å². The van der Waals surface area contributed by atoms with Gasteiger partial charge in [-0.15, -0.1) is 21.5 Å². The lowest BCUT2D eigenvalue weighted by Crippen LogP contribution is -2.34. The molecule has 0 aliphatic carbocycles. The molecule has 2 atom stereocenters. The predicted octanol–water partition coefficient (Wildman–Crippen LogP) is 3.21. The number of fused-ring (bicyclic) bond motifs is 3. The van der Waals surface area contributed by atoms with Crippen LogP contribution < -0.4 is 10.6 Å². The van der Waals surface area contributed by atoms with Gasteiger partial charge in [0.2, 0.25) is 5.91 Å². The zero-order valence-electron chi connectivity index (χ0n) is 24.4. The van der Waals surface area contributed by atoms with E-state index in [2.05, 4.69) is 39.2 Å². The second-order valence-electron chi connectivity index (χ2n) is 9.87. The van der Waals surface area contributed by atoms with Crippen LogP contribution >= 0.6 is 22.9 Å². The number of nitrogens with one attached hydrogen (secondary N) is 2. The van der Waals surface area contributed by atoms with Crippen LogP contribution in [0.15, 0.2) is 24.3 Å². The minimum absolute atomic E-state index is 0.00968. The third kappa shape index (κ3) is 8.57. The molecule has 0 bridgehead atoms. The van der Waals surface area contributed by atoms with Gasteiger partial charge in [-0.05, 0) is 44.0 Å². The lowest BCUT2D eigenvalue weighted by Gasteiger charge is -2.23. The minimum atomic E-state index is -0.357. The average Bonchev–Trinajstić information content (AvgIpc) is 3.45. The first-order chi connectivity index (χ1) is 20.4. The van der Waals surface area contributed by atoms with Crippen LogP contribution in [-0.4, -0.2) is 91.8 Å². The first kappa shape index (κ1) is 32.5. The Morgan fingerprint density at radius 2 is 1.60 bits per heavy atom. The molecule has 1 aromatic carbocycles. The average molecular weight is 622 g/mol. The molecule has 1 aliphatic rings. The van der Waals surface area contributed by atoms with E-state index >= 15 is 0 Å². The number of hydrogen-bond donors (Lipinski definition) is 3. The van der Waals surface area contributed by atoms with Crippen LogP contribution in [-0.2, 0) is 23.7 Å². The Hall–Kier alpha value is -2.42. The molecule has 4 rings (SSSR count). The van der Waals surface area contributed by atoms with Gasteiger partial charge in [-0.25, -0.2) is 0 Å². The molecule has 230 valence electrons. The summed E-state index contributed by atoms with van der Waals surface area (Å²) < 4.78 is 23.6. The SMILES string of the molecule is Cc1sc2c(c1C)C(c1ccc(Cl)cc1)N[C@@H](CC(=O)NCCOCCOCCOCCOCCO)c1nnc(C)n1-2. The van der Waals surface area contributed by atoms with Crippen molar-refractivity contribution in [3.8, 4) is 5.00 Å². The van der Waals surface area contributed by atoms with Gasteiger partial charge >= 0.3 is 0 Å². The summed E-state index contributed by atoms with van der Waals surface area (Å²) in [6.45, 7) is 9.99. The number of aromatic nitrogens is 3. The summed E-state index contributed by atoms with van der Waals surface area (Å²) in [5.74, 6) is 1.40. The lowest BCUT2D eigenvalue weighted by atomic mass is 9.96. The van der Waals surface area contributed by atoms with Crippen LogP contribution in [0.3, 0.4) is 0 Å². The van der Waals surface area contributed by atoms with E-state index in [1.165, 1.54) is 16.0 Å². The molecule has 1 aliphatic heterocycles. The summed E-state index contributed by atoms with van der Waals surface area (Å²) in [4.78, 5) is 14.3. The molecule has 0 spiro atoms. The van der Waals surface area contributed by atoms with E-state index < -0.39 is 0 Å². The quantitative estimate of drug-likeness (QED) is 0.195. The second-order valence-corrected chi connectivity index (χ2v) is 11.5. The Balaban J connectivity index is 1.27. The molecule has 13 heteroatoms. The maximum atomic E-state index is 13.0. The van der Waals surface area contributed by atoms with Crippen molar-refractivity contribution in [1.82, 2.24) is 25.4 Å². The number of amides is 1. The Bertz CT molecular complexity index is 1280. The van der Waals surface area contributed by atoms with Gasteiger partial charge in [0.25, 0.3) is 0 Å². The van der Waals surface area contributed by atoms with Gasteiger partial charge in [-0.1, -0.05) is 23.7 Å². The molecule has 0 saturated carbocycles. The van der Waals surface area contributed by atoms with E-state index in [0.717, 1.165) is 22.2 Å². The molecule has 1 amide bonds. The van der Waals surface area contributed by atoms with Gasteiger partial charge in [-0.2, -0.15) is 0 Å². The fourth-order valence-electron chi connectivity index (χ4n) is 4.76. The third-order valence-corrected chi connectivity index (χ3v) is 8.41. The molecule has 0 saturated heterocycles. The largest absolute Gasteiger partial charge is 0.394 e. The molecule has 0 fully saturated rings. The number of ether oxygens (including phenoxy) is 4. The number of halogens is 1. The number of benzene rings is 1. The highest BCUT2D eigenvalue weighted by Gasteiger charge is 2.35. The maximum absolute atomic E-state index is 13.0. The summed E-state index contributed by atoms with van der Waals surface area (Å²) >= 11 is 7.91. The maximum Gasteiger partial charge on any atom is 0.222 e. The Morgan fingerprint density at radius 1 is 0.976 bits per heavy atom. The van der Waals surface area contributed by atoms with Gasteiger partial charge < -0.3 is 29.4 Å². The number of rotatable bonds is 17. The highest BCUT2D eigenvalue weighted by atomic mass is 35.5. The second kappa shape index (κ2) is 16.4. The highest BCUT2D eigenvalue weighted by Crippen LogP contribution is 2.43. The molecule has 3 heterocycles. The van der Waals surface area contributed by atoms with Crippen molar-refractivity contribution in [1.29, 1.82) is 0 Å². The predicted molar refractivity (Wildman–Crippen MR) is 161 cm³/mol. The Labute approximate surface area is 255 Å². The molecule has 3 N–H and O–H groups in total. The first-order valence-corrected chi connectivity index (χ1v) is 15.3. The summed E-state index contributed by atoms with van der Waals surface area (Å²) in [5, 5.41) is 25.9. The molecular formula is C29H40ClN5O6S. The van der Waals surface area contributed by atoms with Gasteiger partial charge in [0, 0.05) is 28.4 Å². The molecule has 3 aromatic rings. The number of thiophene rings is 1. The third-order valence-electron chi connectivity index (χ3n) is 6.95. The van der Waals surface area contributed by atoms with Gasteiger partial charge in [0.05, 0.1) is 71.5 Å². The van der Waals surface area contributed by atoms with E-state index in [4.69, 9.17) is 35.7 Å². The van der Waals surface area contributed by atoms with Crippen molar-refractivity contribution in [3.05, 3.63) is 62.5 Å². The number of aliphatic hydroxyl groups is 1. The van der Waals surface area contributed by atoms with Crippen molar-refractivity contribution in [3.63, 3.8) is 0 Å². The lowest BCUT2D eigenvalue weighted by molar-refractivity contribution is -0.122. The van der Waals surface area contributed by atoms with Crippen molar-refractivity contribution >= 4 is 28.8 Å². The fraction of sp³-hybridized carbons (Fsp3) is 0.552. The number of nitrogens with zero attached hydrogens (tertiary/aromatic N) is 3. The van der Waals surface area contributed by atoms with E-state index in [0.29, 0.717) is 64.4 Å². The molecular weight excluding hydrogens is 582 g/mol. The first-order valence-electron chi connectivity index (χ1n) is 14.1. The molecule has 11 nitrogen and oxygen atoms in total. The van der Waals surface area contributed by atoms with Gasteiger partial charge in [0.15, 0.2) is 5.82 Å². The van der Waals surface area contributed by atoms with Crippen LogP contribution in [0.4, 0.5) is 0 Å². The van der Waals surface area contributed by atoms with Gasteiger partial charge in [-0.3, -0.25) is 14.7 Å². The normalized spacial score (nSPS) is 16.2. The topological polar surface area (TPSA) is 129 Å². The fourth-order valence-corrected chi connectivity index (χ4v) is 6.14. The highest BCUT2D eigenvalue weighted by molar-refractivity contribution is 7.14. The number of aryl methyl sites for hydroxylation is 2. The molecule has 2 aromatic heterocycles. The zero-order chi connectivity index (χ0) is 29.9. The zero-order valence-corrected chi connectivity index (χ0v) is 25.9. The number of carbonyl (C=O) groups excluding carboxylic acids is 1. The Kier molecular flexibility index (Phi) is 12.7. The number of aliphatic hydroxyl groups excluding tert-OH is 1. The van der Waals surface area contributed by atoms with Crippen LogP contribution in [0.5, 0.6) is 0 Å². The van der Waals surface area contributed by atoms with Crippen LogP contribution in [0, 0.1) is 20.8 Å². The monoisotopic (exact) mass is 621 g/mol. The van der Waals surface area contributed by atoms with Crippen molar-refractivity contribution in [2.24, 2.45) is 0 Å². The number of carbonyl (C=O) groups is 1. The smallest absolute Gasteiger partial charge is 0.222 e. The van der Waals surface area contributed by atoms with Crippen LogP contribution in [0.1, 0.15) is 51.7 Å². The molecule has 42 heavy (non-hydrogen) atoms. The van der Waals surface area contributed by atoms with E-state index in [1.54, 1.807) is 11.3 Å². The van der Waals surface area contributed by atoms with Crippen LogP contribution in [0.2, 0.25) is 5.02 Å². The molecule has 0 radical (unpaired) electrons. The summed E-state index contributed by atoms with van der Waals surface area (Å²) in [7, 11) is 0. The summed E-state index contributed by atoms with van der Waals surface area (Å²) in [6.07, 6.45) is 0.198. The summed E-state index contributed by atoms with van der Waals surface area (Å²) in [5.41, 5.74) is 3.45. The van der Waals surface area contributed by atoms with E-state index in [-0.39, 0.29) is 31.0 Å². The standard InChI is InChI=1S/C29H40ClN5O6S/c1-19-20(2)42-29-26(19)27(22-4-6-23(30)7-5-22)32-24(28-34-33-21(3)35(28)29)18-25(37)31-8-10-38-12-14-40-16-17-41-15-13-39-11-9-36/h4-7,24,27,32,36H,8-18H2,1-3H3,(H,31,37)/t24-,27?/m0/s1. The molecule has 1 unspecified atom stereocenters. The van der Waals surface area contributed by atoms with E-state index in [9.17, 15) is 4.79 Å². The van der Waals surface area contributed by atoms with Gasteiger partial charge in [0.1, 0.15) is 10.8 Å². The minimum Gasteiger partial charge on any atom is -0.394 e. The summed E-state index contributed by atoms with van der Waals surface area (Å²) in [6, 6.07) is 7.33. The van der Waals surface area contributed by atoms with Crippen molar-refractivity contribution in [2.75, 3.05) is 66.0 Å². The number of hydrogen-bond acceptors (Lipinski definition) is 10.